The second-order valence-electron chi connectivity index (χ2n) is 9.63. The van der Waals surface area contributed by atoms with Crippen LogP contribution >= 0.6 is 11.8 Å². The number of benzene rings is 2. The Labute approximate surface area is 218 Å². The SMILES string of the molecule is COC(=O)NCCCSC1NC(CC(C)C)NC2=C1C(C)=C(Cc1cccc3ccccc13)S2(=O)=O. The summed E-state index contributed by atoms with van der Waals surface area (Å²) in [6.07, 6.45) is 1.35. The Hall–Kier alpha value is -2.49. The minimum absolute atomic E-state index is 0.131. The number of amides is 1. The van der Waals surface area contributed by atoms with Crippen molar-refractivity contribution in [3.05, 3.63) is 69.1 Å². The number of ether oxygens (including phenoxy) is 1. The molecule has 194 valence electrons. The van der Waals surface area contributed by atoms with Gasteiger partial charge in [0, 0.05) is 18.5 Å². The van der Waals surface area contributed by atoms with Crippen molar-refractivity contribution in [1.82, 2.24) is 16.0 Å². The second-order valence-corrected chi connectivity index (χ2v) is 12.7. The number of hydrogen-bond acceptors (Lipinski definition) is 7. The predicted molar refractivity (Wildman–Crippen MR) is 147 cm³/mol. The normalized spacial score (nSPS) is 21.0. The van der Waals surface area contributed by atoms with E-state index in [1.807, 2.05) is 31.2 Å². The fourth-order valence-electron chi connectivity index (χ4n) is 4.84. The first-order valence-electron chi connectivity index (χ1n) is 12.3. The third-order valence-corrected chi connectivity index (χ3v) is 9.78. The molecule has 0 aliphatic carbocycles. The Morgan fingerprint density at radius 2 is 1.92 bits per heavy atom. The van der Waals surface area contributed by atoms with Gasteiger partial charge in [-0.3, -0.25) is 5.32 Å². The molecule has 1 amide bonds. The van der Waals surface area contributed by atoms with E-state index in [1.165, 1.54) is 7.11 Å². The van der Waals surface area contributed by atoms with Crippen molar-refractivity contribution in [1.29, 1.82) is 0 Å². The minimum Gasteiger partial charge on any atom is -0.453 e. The lowest BCUT2D eigenvalue weighted by Crippen LogP contribution is -2.52. The highest BCUT2D eigenvalue weighted by molar-refractivity contribution is 8.00. The highest BCUT2D eigenvalue weighted by Crippen LogP contribution is 2.43. The van der Waals surface area contributed by atoms with E-state index in [4.69, 9.17) is 0 Å². The summed E-state index contributed by atoms with van der Waals surface area (Å²) in [7, 11) is -2.29. The third-order valence-electron chi connectivity index (χ3n) is 6.58. The molecule has 0 radical (unpaired) electrons. The number of alkyl carbamates (subject to hydrolysis) is 1. The van der Waals surface area contributed by atoms with Crippen molar-refractivity contribution in [2.45, 2.75) is 51.6 Å². The van der Waals surface area contributed by atoms with E-state index in [1.54, 1.807) is 11.8 Å². The van der Waals surface area contributed by atoms with Crippen LogP contribution < -0.4 is 16.0 Å². The Morgan fingerprint density at radius 1 is 1.17 bits per heavy atom. The molecule has 0 saturated carbocycles. The average Bonchev–Trinajstić information content (AvgIpc) is 3.03. The van der Waals surface area contributed by atoms with Crippen LogP contribution in [0.2, 0.25) is 0 Å². The molecule has 2 aromatic carbocycles. The zero-order valence-electron chi connectivity index (χ0n) is 21.3. The summed E-state index contributed by atoms with van der Waals surface area (Å²) in [5.74, 6) is 1.17. The molecule has 36 heavy (non-hydrogen) atoms. The zero-order chi connectivity index (χ0) is 25.9. The first kappa shape index (κ1) is 26.6. The van der Waals surface area contributed by atoms with Crippen LogP contribution in [0.3, 0.4) is 0 Å². The fraction of sp³-hybridized carbons (Fsp3) is 0.444. The number of carbonyl (C=O) groups excluding carboxylic acids is 1. The van der Waals surface area contributed by atoms with Crippen LogP contribution in [-0.2, 0) is 21.0 Å². The molecule has 0 fully saturated rings. The van der Waals surface area contributed by atoms with Crippen LogP contribution in [0.25, 0.3) is 10.8 Å². The molecule has 3 N–H and O–H groups in total. The summed E-state index contributed by atoms with van der Waals surface area (Å²) < 4.78 is 32.3. The fourth-order valence-corrected chi connectivity index (χ4v) is 8.15. The molecule has 0 aromatic heterocycles. The van der Waals surface area contributed by atoms with Gasteiger partial charge in [-0.1, -0.05) is 56.3 Å². The molecule has 7 nitrogen and oxygen atoms in total. The van der Waals surface area contributed by atoms with Gasteiger partial charge in [0.15, 0.2) is 0 Å². The number of allylic oxidation sites excluding steroid dienone is 1. The van der Waals surface area contributed by atoms with Gasteiger partial charge in [-0.05, 0) is 53.3 Å². The molecule has 2 heterocycles. The van der Waals surface area contributed by atoms with Crippen LogP contribution in [-0.4, -0.2) is 45.5 Å². The van der Waals surface area contributed by atoms with E-state index in [2.05, 4.69) is 52.7 Å². The number of nitrogens with one attached hydrogen (secondary N) is 3. The standard InChI is InChI=1S/C27H35N3O4S2/c1-17(2)15-23-29-25(35-14-8-13-28-27(31)34-4)24-18(3)22(36(32,33)26(24)30-23)16-20-11-7-10-19-9-5-6-12-21(19)20/h5-7,9-12,17,23,25,29-30H,8,13-16H2,1-4H3,(H,28,31). The Bertz CT molecular complexity index is 1300. The topological polar surface area (TPSA) is 96.5 Å². The van der Waals surface area contributed by atoms with Gasteiger partial charge < -0.3 is 15.4 Å². The molecular formula is C27H35N3O4S2. The Morgan fingerprint density at radius 3 is 2.67 bits per heavy atom. The van der Waals surface area contributed by atoms with E-state index in [-0.39, 0.29) is 11.5 Å². The van der Waals surface area contributed by atoms with Gasteiger partial charge in [-0.25, -0.2) is 13.2 Å². The van der Waals surface area contributed by atoms with E-state index in [0.29, 0.717) is 28.8 Å². The van der Waals surface area contributed by atoms with Crippen molar-refractivity contribution in [2.24, 2.45) is 5.92 Å². The second kappa shape index (κ2) is 11.3. The highest BCUT2D eigenvalue weighted by atomic mass is 32.2. The van der Waals surface area contributed by atoms with Gasteiger partial charge in [0.25, 0.3) is 0 Å². The molecule has 2 aromatic rings. The Kier molecular flexibility index (Phi) is 8.32. The van der Waals surface area contributed by atoms with Crippen LogP contribution in [0.4, 0.5) is 4.79 Å². The van der Waals surface area contributed by atoms with Gasteiger partial charge in [-0.15, -0.1) is 11.8 Å². The lowest BCUT2D eigenvalue weighted by Gasteiger charge is -2.34. The molecule has 0 bridgehead atoms. The molecule has 0 saturated heterocycles. The van der Waals surface area contributed by atoms with Crippen molar-refractivity contribution < 1.29 is 17.9 Å². The molecule has 2 atom stereocenters. The monoisotopic (exact) mass is 529 g/mol. The molecule has 9 heteroatoms. The first-order chi connectivity index (χ1) is 17.2. The largest absolute Gasteiger partial charge is 0.453 e. The number of fused-ring (bicyclic) bond motifs is 1. The smallest absolute Gasteiger partial charge is 0.406 e. The number of hydrogen-bond donors (Lipinski definition) is 3. The van der Waals surface area contributed by atoms with E-state index < -0.39 is 15.9 Å². The van der Waals surface area contributed by atoms with Gasteiger partial charge in [-0.2, -0.15) is 0 Å². The minimum atomic E-state index is -3.63. The molecule has 2 unspecified atom stereocenters. The summed E-state index contributed by atoms with van der Waals surface area (Å²) in [5.41, 5.74) is 2.66. The summed E-state index contributed by atoms with van der Waals surface area (Å²) in [6.45, 7) is 6.70. The van der Waals surface area contributed by atoms with Crippen LogP contribution in [0.15, 0.2) is 63.5 Å². The Balaban J connectivity index is 1.60. The summed E-state index contributed by atoms with van der Waals surface area (Å²) in [4.78, 5) is 11.8. The van der Waals surface area contributed by atoms with Gasteiger partial charge in [0.1, 0.15) is 5.03 Å². The molecule has 2 aliphatic rings. The zero-order valence-corrected chi connectivity index (χ0v) is 22.9. The van der Waals surface area contributed by atoms with Gasteiger partial charge in [0.2, 0.25) is 9.84 Å². The van der Waals surface area contributed by atoms with Crippen LogP contribution in [0, 0.1) is 5.92 Å². The van der Waals surface area contributed by atoms with Gasteiger partial charge >= 0.3 is 6.09 Å². The summed E-state index contributed by atoms with van der Waals surface area (Å²) in [6, 6.07) is 14.1. The molecule has 2 aliphatic heterocycles. The maximum absolute atomic E-state index is 13.9. The van der Waals surface area contributed by atoms with E-state index in [0.717, 1.165) is 46.1 Å². The number of carbonyl (C=O) groups is 1. The van der Waals surface area contributed by atoms with Crippen LogP contribution in [0.1, 0.15) is 39.2 Å². The maximum atomic E-state index is 13.9. The van der Waals surface area contributed by atoms with Crippen LogP contribution in [0.5, 0.6) is 0 Å². The van der Waals surface area contributed by atoms with E-state index in [9.17, 15) is 13.2 Å². The number of rotatable bonds is 9. The molecule has 0 spiro atoms. The van der Waals surface area contributed by atoms with Crippen molar-refractivity contribution in [3.63, 3.8) is 0 Å². The number of sulfone groups is 1. The predicted octanol–water partition coefficient (Wildman–Crippen LogP) is 4.67. The average molecular weight is 530 g/mol. The highest BCUT2D eigenvalue weighted by Gasteiger charge is 2.43. The summed E-state index contributed by atoms with van der Waals surface area (Å²) in [5, 5.41) is 12.0. The lowest BCUT2D eigenvalue weighted by atomic mass is 9.99. The molecule has 4 rings (SSSR count). The van der Waals surface area contributed by atoms with Crippen molar-refractivity contribution in [2.75, 3.05) is 19.4 Å². The van der Waals surface area contributed by atoms with Crippen molar-refractivity contribution in [3.8, 4) is 0 Å². The quantitative estimate of drug-likeness (QED) is 0.406. The number of methoxy groups -OCH3 is 1. The summed E-state index contributed by atoms with van der Waals surface area (Å²) >= 11 is 1.68. The van der Waals surface area contributed by atoms with Gasteiger partial charge in [0.05, 0.1) is 23.6 Å². The van der Waals surface area contributed by atoms with Crippen molar-refractivity contribution >= 4 is 38.5 Å². The maximum Gasteiger partial charge on any atom is 0.406 e. The molecular weight excluding hydrogens is 494 g/mol. The lowest BCUT2D eigenvalue weighted by molar-refractivity contribution is 0.171. The number of thioether (sulfide) groups is 1. The third kappa shape index (κ3) is 5.58. The first-order valence-corrected chi connectivity index (χ1v) is 14.9. The van der Waals surface area contributed by atoms with E-state index >= 15 is 0 Å².